The van der Waals surface area contributed by atoms with Gasteiger partial charge in [-0.2, -0.15) is 0 Å². The van der Waals surface area contributed by atoms with Crippen molar-refractivity contribution in [2.24, 2.45) is 0 Å². The molecule has 10 heteroatoms. The third-order valence-corrected chi connectivity index (χ3v) is 4.90. The average molecular weight is 402 g/mol. The molecule has 0 aromatic heterocycles. The van der Waals surface area contributed by atoms with Crippen LogP contribution in [0.5, 0.6) is 5.75 Å². The van der Waals surface area contributed by atoms with Crippen molar-refractivity contribution >= 4 is 21.6 Å². The summed E-state index contributed by atoms with van der Waals surface area (Å²) in [7, 11) is -1.32. The number of aryl methyl sites for hydroxylation is 1. The zero-order chi connectivity index (χ0) is 20.4. The second-order valence-corrected chi connectivity index (χ2v) is 7.48. The van der Waals surface area contributed by atoms with E-state index in [1.807, 2.05) is 0 Å². The number of benzene rings is 2. The Bertz CT molecular complexity index is 957. The molecule has 1 amide bonds. The van der Waals surface area contributed by atoms with Crippen molar-refractivity contribution in [3.8, 4) is 5.75 Å². The highest BCUT2D eigenvalue weighted by Gasteiger charge is 2.34. The number of hydrogen-bond donors (Lipinski definition) is 1. The lowest BCUT2D eigenvalue weighted by Crippen LogP contribution is -2.23. The predicted octanol–water partition coefficient (Wildman–Crippen LogP) is 3.40. The third kappa shape index (κ3) is 5.13. The van der Waals surface area contributed by atoms with Gasteiger partial charge >= 0.3 is 6.36 Å². The van der Waals surface area contributed by atoms with E-state index in [1.165, 1.54) is 49.3 Å². The fourth-order valence-electron chi connectivity index (χ4n) is 2.20. The molecule has 27 heavy (non-hydrogen) atoms. The van der Waals surface area contributed by atoms with E-state index in [0.29, 0.717) is 5.56 Å². The number of nitrogens with zero attached hydrogens (tertiary/aromatic N) is 1. The predicted molar refractivity (Wildman–Crippen MR) is 93.1 cm³/mol. The average Bonchev–Trinajstić information content (AvgIpc) is 2.54. The number of halogens is 3. The summed E-state index contributed by atoms with van der Waals surface area (Å²) in [5.74, 6) is -1.20. The van der Waals surface area contributed by atoms with Crippen LogP contribution in [0.15, 0.2) is 47.4 Å². The molecule has 0 atom stereocenters. The Morgan fingerprint density at radius 1 is 1.11 bits per heavy atom. The van der Waals surface area contributed by atoms with Gasteiger partial charge in [0.2, 0.25) is 0 Å². The van der Waals surface area contributed by atoms with Crippen molar-refractivity contribution in [2.45, 2.75) is 18.2 Å². The molecule has 1 N–H and O–H groups in total. The van der Waals surface area contributed by atoms with Gasteiger partial charge in [0.15, 0.2) is 0 Å². The topological polar surface area (TPSA) is 75.7 Å². The molecule has 0 fully saturated rings. The molecule has 0 bridgehead atoms. The molecule has 2 aromatic carbocycles. The first-order chi connectivity index (χ1) is 12.4. The van der Waals surface area contributed by atoms with Crippen LogP contribution in [0.4, 0.5) is 18.9 Å². The fraction of sp³-hybridized carbons (Fsp3) is 0.235. The minimum absolute atomic E-state index is 0.0736. The number of carbonyl (C=O) groups is 1. The maximum absolute atomic E-state index is 12.6. The van der Waals surface area contributed by atoms with Gasteiger partial charge in [-0.15, -0.1) is 13.2 Å². The maximum Gasteiger partial charge on any atom is 0.573 e. The van der Waals surface area contributed by atoms with Crippen LogP contribution in [-0.4, -0.2) is 39.7 Å². The Labute approximate surface area is 154 Å². The zero-order valence-corrected chi connectivity index (χ0v) is 15.5. The number of rotatable bonds is 5. The molecule has 0 aliphatic rings. The highest BCUT2D eigenvalue weighted by Crippen LogP contribution is 2.31. The molecule has 146 valence electrons. The highest BCUT2D eigenvalue weighted by molar-refractivity contribution is 7.92. The smallest absolute Gasteiger partial charge is 0.404 e. The van der Waals surface area contributed by atoms with Gasteiger partial charge in [0.1, 0.15) is 10.6 Å². The standard InChI is InChI=1S/C17H17F3N2O4S/c1-11-8-9-12(16(23)22(2)3)10-13(11)21-27(24,25)15-7-5-4-6-14(15)26-17(18,19)20/h4-10,21H,1-3H3. The molecule has 0 saturated heterocycles. The van der Waals surface area contributed by atoms with Gasteiger partial charge in [-0.1, -0.05) is 18.2 Å². The normalized spacial score (nSPS) is 11.8. The zero-order valence-electron chi connectivity index (χ0n) is 14.7. The first-order valence-electron chi connectivity index (χ1n) is 7.60. The van der Waals surface area contributed by atoms with Crippen molar-refractivity contribution in [2.75, 3.05) is 18.8 Å². The lowest BCUT2D eigenvalue weighted by atomic mass is 10.1. The van der Waals surface area contributed by atoms with Gasteiger partial charge in [0, 0.05) is 19.7 Å². The van der Waals surface area contributed by atoms with E-state index in [1.54, 1.807) is 6.92 Å². The number of carbonyl (C=O) groups excluding carboxylic acids is 1. The minimum atomic E-state index is -5.04. The molecule has 2 aromatic rings. The lowest BCUT2D eigenvalue weighted by molar-refractivity contribution is -0.275. The fourth-order valence-corrected chi connectivity index (χ4v) is 3.46. The summed E-state index contributed by atoms with van der Waals surface area (Å²) < 4.78 is 68.9. The second-order valence-electron chi connectivity index (χ2n) is 5.83. The number of ether oxygens (including phenoxy) is 1. The first kappa shape index (κ1) is 20.6. The van der Waals surface area contributed by atoms with Gasteiger partial charge in [0.05, 0.1) is 5.69 Å². The Kier molecular flexibility index (Phi) is 5.69. The van der Waals surface area contributed by atoms with E-state index in [-0.39, 0.29) is 17.2 Å². The lowest BCUT2D eigenvalue weighted by Gasteiger charge is -2.16. The summed E-state index contributed by atoms with van der Waals surface area (Å²) >= 11 is 0. The Hall–Kier alpha value is -2.75. The molecule has 0 spiro atoms. The molecule has 2 rings (SSSR count). The summed E-state index contributed by atoms with van der Waals surface area (Å²) in [4.78, 5) is 12.7. The van der Waals surface area contributed by atoms with Gasteiger partial charge in [-0.05, 0) is 36.8 Å². The molecule has 0 aliphatic heterocycles. The van der Waals surface area contributed by atoms with Crippen LogP contribution in [0.1, 0.15) is 15.9 Å². The molecule has 6 nitrogen and oxygen atoms in total. The van der Waals surface area contributed by atoms with Crippen LogP contribution < -0.4 is 9.46 Å². The van der Waals surface area contributed by atoms with Crippen LogP contribution in [0.3, 0.4) is 0 Å². The second kappa shape index (κ2) is 7.47. The molecule has 0 aliphatic carbocycles. The van der Waals surface area contributed by atoms with Gasteiger partial charge in [-0.3, -0.25) is 9.52 Å². The number of hydrogen-bond acceptors (Lipinski definition) is 4. The van der Waals surface area contributed by atoms with Gasteiger partial charge in [-0.25, -0.2) is 8.42 Å². The molecular weight excluding hydrogens is 385 g/mol. The van der Waals surface area contributed by atoms with Crippen molar-refractivity contribution in [3.05, 3.63) is 53.6 Å². The molecule has 0 radical (unpaired) electrons. The van der Waals surface area contributed by atoms with Crippen molar-refractivity contribution in [1.82, 2.24) is 4.90 Å². The van der Waals surface area contributed by atoms with Gasteiger partial charge < -0.3 is 9.64 Å². The van der Waals surface area contributed by atoms with Crippen LogP contribution in [0.25, 0.3) is 0 Å². The largest absolute Gasteiger partial charge is 0.573 e. The summed E-state index contributed by atoms with van der Waals surface area (Å²) in [6.07, 6.45) is -5.04. The first-order valence-corrected chi connectivity index (χ1v) is 9.09. The summed E-state index contributed by atoms with van der Waals surface area (Å²) in [6.45, 7) is 1.60. The van der Waals surface area contributed by atoms with Crippen molar-refractivity contribution in [3.63, 3.8) is 0 Å². The van der Waals surface area contributed by atoms with E-state index in [2.05, 4.69) is 9.46 Å². The Morgan fingerprint density at radius 2 is 1.74 bits per heavy atom. The number of alkyl halides is 3. The number of anilines is 1. The quantitative estimate of drug-likeness (QED) is 0.832. The van der Waals surface area contributed by atoms with E-state index < -0.39 is 27.0 Å². The molecular formula is C17H17F3N2O4S. The number of para-hydroxylation sites is 1. The minimum Gasteiger partial charge on any atom is -0.404 e. The van der Waals surface area contributed by atoms with E-state index in [4.69, 9.17) is 0 Å². The third-order valence-electron chi connectivity index (χ3n) is 3.50. The van der Waals surface area contributed by atoms with E-state index in [0.717, 1.165) is 12.1 Å². The SMILES string of the molecule is Cc1ccc(C(=O)N(C)C)cc1NS(=O)(=O)c1ccccc1OC(F)(F)F. The van der Waals surface area contributed by atoms with Crippen molar-refractivity contribution < 1.29 is 31.1 Å². The van der Waals surface area contributed by atoms with Crippen LogP contribution in [0.2, 0.25) is 0 Å². The van der Waals surface area contributed by atoms with Crippen molar-refractivity contribution in [1.29, 1.82) is 0 Å². The number of sulfonamides is 1. The Balaban J connectivity index is 2.43. The summed E-state index contributed by atoms with van der Waals surface area (Å²) in [5, 5.41) is 0. The molecule has 0 saturated carbocycles. The van der Waals surface area contributed by atoms with Gasteiger partial charge in [0.25, 0.3) is 15.9 Å². The van der Waals surface area contributed by atoms with Crippen LogP contribution >= 0.6 is 0 Å². The number of nitrogens with one attached hydrogen (secondary N) is 1. The van der Waals surface area contributed by atoms with E-state index >= 15 is 0 Å². The Morgan fingerprint density at radius 3 is 2.33 bits per heavy atom. The molecule has 0 unspecified atom stereocenters. The molecule has 0 heterocycles. The monoisotopic (exact) mass is 402 g/mol. The van der Waals surface area contributed by atoms with E-state index in [9.17, 15) is 26.4 Å². The summed E-state index contributed by atoms with van der Waals surface area (Å²) in [6, 6.07) is 8.78. The van der Waals surface area contributed by atoms with Crippen LogP contribution in [-0.2, 0) is 10.0 Å². The maximum atomic E-state index is 12.6. The van der Waals surface area contributed by atoms with Crippen LogP contribution in [0, 0.1) is 6.92 Å². The number of amides is 1. The summed E-state index contributed by atoms with van der Waals surface area (Å²) in [5.41, 5.74) is 0.788. The highest BCUT2D eigenvalue weighted by atomic mass is 32.2.